The summed E-state index contributed by atoms with van der Waals surface area (Å²) in [4.78, 5) is 7.65. The molecule has 0 aromatic carbocycles. The SMILES string of the molecule is [c]1nccnc1-c1nn[nH]n1. The average molecular weight is 147 g/mol. The molecule has 2 rings (SSSR count). The summed E-state index contributed by atoms with van der Waals surface area (Å²) in [6.45, 7) is 0. The van der Waals surface area contributed by atoms with Crippen LogP contribution in [-0.2, 0) is 0 Å². The molecule has 0 saturated heterocycles. The van der Waals surface area contributed by atoms with Gasteiger partial charge in [-0.3, -0.25) is 4.98 Å². The third-order valence-electron chi connectivity index (χ3n) is 1.07. The highest BCUT2D eigenvalue weighted by molar-refractivity contribution is 5.43. The molecule has 0 bridgehead atoms. The minimum atomic E-state index is 0.401. The van der Waals surface area contributed by atoms with E-state index in [1.165, 1.54) is 6.20 Å². The van der Waals surface area contributed by atoms with Crippen LogP contribution in [0.1, 0.15) is 0 Å². The number of hydrogen-bond acceptors (Lipinski definition) is 5. The normalized spacial score (nSPS) is 9.82. The van der Waals surface area contributed by atoms with E-state index in [0.717, 1.165) is 0 Å². The third-order valence-corrected chi connectivity index (χ3v) is 1.07. The lowest BCUT2D eigenvalue weighted by Crippen LogP contribution is -1.86. The molecule has 0 spiro atoms. The molecule has 1 N–H and O–H groups in total. The van der Waals surface area contributed by atoms with Crippen molar-refractivity contribution in [2.45, 2.75) is 0 Å². The first-order chi connectivity index (χ1) is 5.47. The summed E-state index contributed by atoms with van der Waals surface area (Å²) in [6.07, 6.45) is 5.70. The van der Waals surface area contributed by atoms with Gasteiger partial charge in [-0.1, -0.05) is 0 Å². The monoisotopic (exact) mass is 147 g/mol. The van der Waals surface area contributed by atoms with E-state index in [-0.39, 0.29) is 0 Å². The predicted octanol–water partition coefficient (Wildman–Crippen LogP) is -0.543. The van der Waals surface area contributed by atoms with Crippen molar-refractivity contribution in [3.63, 3.8) is 0 Å². The van der Waals surface area contributed by atoms with Crippen molar-refractivity contribution in [3.05, 3.63) is 18.6 Å². The summed E-state index contributed by atoms with van der Waals surface area (Å²) in [6, 6.07) is 0. The fourth-order valence-corrected chi connectivity index (χ4v) is 0.638. The van der Waals surface area contributed by atoms with Gasteiger partial charge in [-0.25, -0.2) is 4.98 Å². The van der Waals surface area contributed by atoms with Crippen LogP contribution in [0.15, 0.2) is 12.4 Å². The molecule has 1 radical (unpaired) electrons. The largest absolute Gasteiger partial charge is 0.250 e. The minimum absolute atomic E-state index is 0.401. The molecule has 6 nitrogen and oxygen atoms in total. The molecule has 0 atom stereocenters. The Morgan fingerprint density at radius 2 is 2.36 bits per heavy atom. The number of H-pyrrole nitrogens is 1. The summed E-state index contributed by atoms with van der Waals surface area (Å²) in [5.41, 5.74) is 0.487. The molecule has 0 unspecified atom stereocenters. The number of rotatable bonds is 1. The maximum atomic E-state index is 3.92. The van der Waals surface area contributed by atoms with E-state index in [1.54, 1.807) is 6.20 Å². The average Bonchev–Trinajstić information content (AvgIpc) is 2.58. The van der Waals surface area contributed by atoms with Crippen LogP contribution in [0.3, 0.4) is 0 Å². The van der Waals surface area contributed by atoms with Crippen LogP contribution in [-0.4, -0.2) is 30.6 Å². The molecule has 0 aliphatic heterocycles. The first-order valence-corrected chi connectivity index (χ1v) is 2.89. The number of nitrogens with zero attached hydrogens (tertiary/aromatic N) is 5. The van der Waals surface area contributed by atoms with Gasteiger partial charge >= 0.3 is 0 Å². The predicted molar refractivity (Wildman–Crippen MR) is 34.0 cm³/mol. The standard InChI is InChI=1S/C5H3N6/c1-2-7-4(3-6-1)5-8-10-11-9-5/h1-2H,(H,8,9,10,11). The zero-order valence-electron chi connectivity index (χ0n) is 5.39. The van der Waals surface area contributed by atoms with E-state index in [4.69, 9.17) is 0 Å². The van der Waals surface area contributed by atoms with Crippen LogP contribution in [0.25, 0.3) is 11.5 Å². The van der Waals surface area contributed by atoms with Crippen molar-refractivity contribution in [2.75, 3.05) is 0 Å². The lowest BCUT2D eigenvalue weighted by atomic mass is 10.4. The van der Waals surface area contributed by atoms with E-state index in [1.807, 2.05) is 0 Å². The van der Waals surface area contributed by atoms with Crippen LogP contribution in [0, 0.1) is 6.20 Å². The minimum Gasteiger partial charge on any atom is -0.250 e. The Kier molecular flexibility index (Phi) is 1.29. The topological polar surface area (TPSA) is 80.2 Å². The van der Waals surface area contributed by atoms with Gasteiger partial charge in [-0.05, 0) is 5.21 Å². The van der Waals surface area contributed by atoms with Gasteiger partial charge in [0.25, 0.3) is 0 Å². The fraction of sp³-hybridized carbons (Fsp3) is 0. The van der Waals surface area contributed by atoms with Crippen molar-refractivity contribution in [2.24, 2.45) is 0 Å². The Hall–Kier alpha value is -1.85. The molecule has 0 amide bonds. The first-order valence-electron chi connectivity index (χ1n) is 2.89. The van der Waals surface area contributed by atoms with Gasteiger partial charge < -0.3 is 0 Å². The van der Waals surface area contributed by atoms with Crippen molar-refractivity contribution in [1.29, 1.82) is 0 Å². The van der Waals surface area contributed by atoms with Crippen LogP contribution in [0.5, 0.6) is 0 Å². The highest BCUT2D eigenvalue weighted by Gasteiger charge is 2.02. The highest BCUT2D eigenvalue weighted by Crippen LogP contribution is 2.03. The Labute approximate surface area is 61.7 Å². The first kappa shape index (κ1) is 5.90. The molecular formula is C5H3N6. The van der Waals surface area contributed by atoms with E-state index >= 15 is 0 Å². The second-order valence-corrected chi connectivity index (χ2v) is 1.75. The summed E-state index contributed by atoms with van der Waals surface area (Å²) < 4.78 is 0. The molecule has 0 aliphatic rings. The number of aromatic nitrogens is 6. The fourth-order valence-electron chi connectivity index (χ4n) is 0.638. The van der Waals surface area contributed by atoms with Crippen LogP contribution >= 0.6 is 0 Å². The zero-order valence-corrected chi connectivity index (χ0v) is 5.39. The zero-order chi connectivity index (χ0) is 7.52. The third kappa shape index (κ3) is 1.05. The van der Waals surface area contributed by atoms with Gasteiger partial charge in [0.1, 0.15) is 11.9 Å². The van der Waals surface area contributed by atoms with Crippen LogP contribution in [0.4, 0.5) is 0 Å². The molecule has 0 aliphatic carbocycles. The number of nitrogens with one attached hydrogen (secondary N) is 1. The molecule has 0 fully saturated rings. The van der Waals surface area contributed by atoms with Gasteiger partial charge in [0.2, 0.25) is 5.82 Å². The Morgan fingerprint density at radius 1 is 1.36 bits per heavy atom. The van der Waals surface area contributed by atoms with E-state index in [9.17, 15) is 0 Å². The summed E-state index contributed by atoms with van der Waals surface area (Å²) >= 11 is 0. The van der Waals surface area contributed by atoms with Crippen LogP contribution < -0.4 is 0 Å². The molecule has 2 heterocycles. The maximum Gasteiger partial charge on any atom is 0.225 e. The van der Waals surface area contributed by atoms with Crippen molar-refractivity contribution in [1.82, 2.24) is 30.6 Å². The Bertz CT molecular complexity index is 314. The molecule has 11 heavy (non-hydrogen) atoms. The molecule has 0 saturated carbocycles. The van der Waals surface area contributed by atoms with Crippen molar-refractivity contribution >= 4 is 0 Å². The highest BCUT2D eigenvalue weighted by atomic mass is 15.5. The van der Waals surface area contributed by atoms with Crippen molar-refractivity contribution in [3.8, 4) is 11.5 Å². The van der Waals surface area contributed by atoms with Crippen LogP contribution in [0.2, 0.25) is 0 Å². The molecule has 2 aromatic heterocycles. The lowest BCUT2D eigenvalue weighted by molar-refractivity contribution is 0.881. The quantitative estimate of drug-likeness (QED) is 0.585. The Morgan fingerprint density at radius 3 is 3.00 bits per heavy atom. The second kappa shape index (κ2) is 2.41. The van der Waals surface area contributed by atoms with E-state index in [0.29, 0.717) is 11.5 Å². The molecular weight excluding hydrogens is 144 g/mol. The number of tetrazole rings is 1. The smallest absolute Gasteiger partial charge is 0.225 e. The number of hydrogen-bond donors (Lipinski definition) is 1. The lowest BCUT2D eigenvalue weighted by Gasteiger charge is -1.86. The van der Waals surface area contributed by atoms with Gasteiger partial charge in [-0.15, -0.1) is 10.2 Å². The number of aromatic amines is 1. The van der Waals surface area contributed by atoms with Crippen molar-refractivity contribution < 1.29 is 0 Å². The Balaban J connectivity index is 2.46. The molecule has 53 valence electrons. The summed E-state index contributed by atoms with van der Waals surface area (Å²) in [5, 5.41) is 13.1. The molecule has 6 heteroatoms. The maximum absolute atomic E-state index is 3.92. The summed E-state index contributed by atoms with van der Waals surface area (Å²) in [5.74, 6) is 0.401. The molecule has 2 aromatic rings. The van der Waals surface area contributed by atoms with E-state index in [2.05, 4.69) is 36.8 Å². The van der Waals surface area contributed by atoms with Gasteiger partial charge in [0, 0.05) is 12.4 Å². The summed E-state index contributed by atoms with van der Waals surface area (Å²) in [7, 11) is 0. The van der Waals surface area contributed by atoms with E-state index < -0.39 is 0 Å². The second-order valence-electron chi connectivity index (χ2n) is 1.75. The van der Waals surface area contributed by atoms with Gasteiger partial charge in [0.15, 0.2) is 0 Å². The van der Waals surface area contributed by atoms with Gasteiger partial charge in [0.05, 0.1) is 0 Å². The van der Waals surface area contributed by atoms with Gasteiger partial charge in [-0.2, -0.15) is 5.21 Å².